The molecule has 6 heteroatoms. The number of rotatable bonds is 2. The molecule has 0 aliphatic heterocycles. The van der Waals surface area contributed by atoms with Gasteiger partial charge in [-0.1, -0.05) is 24.3 Å². The molecular weight excluding hydrogens is 301 g/mol. The van der Waals surface area contributed by atoms with Crippen LogP contribution in [0.5, 0.6) is 0 Å². The van der Waals surface area contributed by atoms with E-state index in [1.807, 2.05) is 30.5 Å². The lowest BCUT2D eigenvalue weighted by atomic mass is 10.1. The lowest BCUT2D eigenvalue weighted by Gasteiger charge is -2.06. The van der Waals surface area contributed by atoms with Gasteiger partial charge in [0.15, 0.2) is 0 Å². The highest BCUT2D eigenvalue weighted by atomic mass is 35.5. The second-order valence-corrected chi connectivity index (χ2v) is 4.59. The Labute approximate surface area is 125 Å². The highest BCUT2D eigenvalue weighted by Gasteiger charge is 2.31. The summed E-state index contributed by atoms with van der Waals surface area (Å²) < 4.78 is 37.3. The predicted octanol–water partition coefficient (Wildman–Crippen LogP) is 4.59. The molecule has 0 spiro atoms. The maximum absolute atomic E-state index is 12.4. The molecule has 1 aromatic carbocycles. The first kappa shape index (κ1) is 15.4. The van der Waals surface area contributed by atoms with Crippen molar-refractivity contribution in [3.63, 3.8) is 0 Å². The summed E-state index contributed by atoms with van der Waals surface area (Å²) in [5.74, 6) is 0. The van der Waals surface area contributed by atoms with Crippen molar-refractivity contribution in [2.24, 2.45) is 0 Å². The van der Waals surface area contributed by atoms with Crippen LogP contribution in [0.15, 0.2) is 48.8 Å². The van der Waals surface area contributed by atoms with Crippen molar-refractivity contribution in [1.82, 2.24) is 9.97 Å². The molecule has 0 aliphatic carbocycles. The molecule has 2 nitrogen and oxygen atoms in total. The summed E-state index contributed by atoms with van der Waals surface area (Å²) in [5, 5.41) is 1.08. The van der Waals surface area contributed by atoms with Gasteiger partial charge in [-0.3, -0.25) is 4.98 Å². The molecule has 0 saturated heterocycles. The van der Waals surface area contributed by atoms with Crippen LogP contribution in [0.3, 0.4) is 0 Å². The van der Waals surface area contributed by atoms with Crippen molar-refractivity contribution in [2.75, 3.05) is 0 Å². The van der Waals surface area contributed by atoms with Crippen molar-refractivity contribution in [3.8, 4) is 0 Å². The molecule has 0 fully saturated rings. The Hall–Kier alpha value is -2.01. The monoisotopic (exact) mass is 312 g/mol. The second-order valence-electron chi connectivity index (χ2n) is 4.59. The Kier molecular flexibility index (Phi) is 4.23. The number of para-hydroxylation sites is 1. The highest BCUT2D eigenvalue weighted by molar-refractivity contribution is 5.85. The van der Waals surface area contributed by atoms with E-state index in [0.29, 0.717) is 6.42 Å². The minimum absolute atomic E-state index is 0. The maximum Gasteiger partial charge on any atom is 0.433 e. The molecule has 0 aliphatic rings. The fourth-order valence-corrected chi connectivity index (χ4v) is 2.19. The zero-order valence-electron chi connectivity index (χ0n) is 10.8. The number of alkyl halides is 3. The van der Waals surface area contributed by atoms with E-state index in [9.17, 15) is 13.2 Å². The number of fused-ring (bicyclic) bond motifs is 1. The lowest BCUT2D eigenvalue weighted by molar-refractivity contribution is -0.141. The molecule has 3 rings (SSSR count). The molecule has 0 saturated carbocycles. The first-order valence-electron chi connectivity index (χ1n) is 6.11. The summed E-state index contributed by atoms with van der Waals surface area (Å²) in [5.41, 5.74) is 1.95. The number of H-pyrrole nitrogens is 1. The van der Waals surface area contributed by atoms with Crippen LogP contribution in [0.2, 0.25) is 0 Å². The summed E-state index contributed by atoms with van der Waals surface area (Å²) in [6, 6.07) is 10.3. The molecule has 3 aromatic rings. The molecule has 1 N–H and O–H groups in total. The Balaban J connectivity index is 0.00000161. The summed E-state index contributed by atoms with van der Waals surface area (Å²) in [6.07, 6.45) is -0.679. The van der Waals surface area contributed by atoms with Crippen molar-refractivity contribution in [3.05, 3.63) is 65.6 Å². The zero-order chi connectivity index (χ0) is 14.2. The van der Waals surface area contributed by atoms with Gasteiger partial charge in [0.05, 0.1) is 0 Å². The Morgan fingerprint density at radius 3 is 2.48 bits per heavy atom. The third-order valence-corrected chi connectivity index (χ3v) is 3.18. The molecular formula is C15H12ClF3N2. The van der Waals surface area contributed by atoms with Crippen LogP contribution in [-0.2, 0) is 12.6 Å². The SMILES string of the molecule is Cl.FC(F)(F)c1ccc(Cc2c[nH]c3ccccc23)cn1. The maximum atomic E-state index is 12.4. The van der Waals surface area contributed by atoms with Crippen molar-refractivity contribution in [2.45, 2.75) is 12.6 Å². The van der Waals surface area contributed by atoms with E-state index in [2.05, 4.69) is 9.97 Å². The summed E-state index contributed by atoms with van der Waals surface area (Å²) in [7, 11) is 0. The Morgan fingerprint density at radius 1 is 1.05 bits per heavy atom. The normalized spacial score (nSPS) is 11.4. The van der Waals surface area contributed by atoms with Gasteiger partial charge in [-0.25, -0.2) is 0 Å². The van der Waals surface area contributed by atoms with E-state index in [0.717, 1.165) is 28.1 Å². The average molecular weight is 313 g/mol. The quantitative estimate of drug-likeness (QED) is 0.736. The van der Waals surface area contributed by atoms with Crippen LogP contribution in [0, 0.1) is 0 Å². The van der Waals surface area contributed by atoms with Gasteiger partial charge in [0.2, 0.25) is 0 Å². The van der Waals surface area contributed by atoms with E-state index in [-0.39, 0.29) is 12.4 Å². The number of hydrogen-bond donors (Lipinski definition) is 1. The van der Waals surface area contributed by atoms with E-state index in [1.165, 1.54) is 12.3 Å². The first-order chi connectivity index (χ1) is 9.54. The van der Waals surface area contributed by atoms with Gasteiger partial charge in [-0.05, 0) is 23.3 Å². The minimum Gasteiger partial charge on any atom is -0.361 e. The molecule has 21 heavy (non-hydrogen) atoms. The number of pyridine rings is 1. The highest BCUT2D eigenvalue weighted by Crippen LogP contribution is 2.28. The van der Waals surface area contributed by atoms with Crippen molar-refractivity contribution in [1.29, 1.82) is 0 Å². The Bertz CT molecular complexity index is 733. The average Bonchev–Trinajstić information content (AvgIpc) is 2.82. The second kappa shape index (κ2) is 5.77. The van der Waals surface area contributed by atoms with Crippen LogP contribution in [0.1, 0.15) is 16.8 Å². The molecule has 0 radical (unpaired) electrons. The molecule has 2 aromatic heterocycles. The number of nitrogens with one attached hydrogen (secondary N) is 1. The van der Waals surface area contributed by atoms with Crippen LogP contribution >= 0.6 is 12.4 Å². The topological polar surface area (TPSA) is 28.7 Å². The number of halogens is 4. The van der Waals surface area contributed by atoms with Gasteiger partial charge in [-0.2, -0.15) is 13.2 Å². The van der Waals surface area contributed by atoms with Crippen molar-refractivity contribution < 1.29 is 13.2 Å². The van der Waals surface area contributed by atoms with Crippen LogP contribution in [-0.4, -0.2) is 9.97 Å². The van der Waals surface area contributed by atoms with Gasteiger partial charge in [0.1, 0.15) is 5.69 Å². The van der Waals surface area contributed by atoms with Crippen LogP contribution in [0.25, 0.3) is 10.9 Å². The third-order valence-electron chi connectivity index (χ3n) is 3.18. The number of hydrogen-bond acceptors (Lipinski definition) is 1. The summed E-state index contributed by atoms with van der Waals surface area (Å²) in [6.45, 7) is 0. The van der Waals surface area contributed by atoms with Gasteiger partial charge < -0.3 is 4.98 Å². The van der Waals surface area contributed by atoms with E-state index in [4.69, 9.17) is 0 Å². The number of nitrogens with zero attached hydrogens (tertiary/aromatic N) is 1. The van der Waals surface area contributed by atoms with Gasteiger partial charge in [0, 0.05) is 29.7 Å². The van der Waals surface area contributed by atoms with Crippen molar-refractivity contribution >= 4 is 23.3 Å². The van der Waals surface area contributed by atoms with Gasteiger partial charge in [0.25, 0.3) is 0 Å². The summed E-state index contributed by atoms with van der Waals surface area (Å²) in [4.78, 5) is 6.62. The van der Waals surface area contributed by atoms with Crippen LogP contribution < -0.4 is 0 Å². The van der Waals surface area contributed by atoms with E-state index >= 15 is 0 Å². The molecule has 0 amide bonds. The molecule has 0 atom stereocenters. The molecule has 110 valence electrons. The zero-order valence-corrected chi connectivity index (χ0v) is 11.6. The Morgan fingerprint density at radius 2 is 1.81 bits per heavy atom. The fraction of sp³-hybridized carbons (Fsp3) is 0.133. The number of aromatic nitrogens is 2. The van der Waals surface area contributed by atoms with Gasteiger partial charge >= 0.3 is 6.18 Å². The molecule has 0 bridgehead atoms. The number of benzene rings is 1. The van der Waals surface area contributed by atoms with E-state index in [1.54, 1.807) is 0 Å². The summed E-state index contributed by atoms with van der Waals surface area (Å²) >= 11 is 0. The standard InChI is InChI=1S/C15H11F3N2.ClH/c16-15(17,18)14-6-5-10(8-20-14)7-11-9-19-13-4-2-1-3-12(11)13;/h1-6,8-9,19H,7H2;1H. The lowest BCUT2D eigenvalue weighted by Crippen LogP contribution is -2.07. The van der Waals surface area contributed by atoms with Crippen LogP contribution in [0.4, 0.5) is 13.2 Å². The fourth-order valence-electron chi connectivity index (χ4n) is 2.19. The minimum atomic E-state index is -4.39. The van der Waals surface area contributed by atoms with E-state index < -0.39 is 11.9 Å². The smallest absolute Gasteiger partial charge is 0.361 e. The number of aromatic amines is 1. The third kappa shape index (κ3) is 3.19. The van der Waals surface area contributed by atoms with Gasteiger partial charge in [-0.15, -0.1) is 12.4 Å². The predicted molar refractivity (Wildman–Crippen MR) is 77.6 cm³/mol. The molecule has 0 unspecified atom stereocenters. The first-order valence-corrected chi connectivity index (χ1v) is 6.11. The molecule has 2 heterocycles. The largest absolute Gasteiger partial charge is 0.433 e.